The second-order valence-corrected chi connectivity index (χ2v) is 6.79. The van der Waals surface area contributed by atoms with Crippen LogP contribution in [-0.4, -0.2) is 29.8 Å². The van der Waals surface area contributed by atoms with Gasteiger partial charge in [-0.3, -0.25) is 9.59 Å². The second kappa shape index (κ2) is 7.80. The lowest BCUT2D eigenvalue weighted by atomic mass is 10.1. The van der Waals surface area contributed by atoms with Gasteiger partial charge in [-0.25, -0.2) is 0 Å². The molecule has 1 aromatic heterocycles. The molecule has 5 nitrogen and oxygen atoms in total. The van der Waals surface area contributed by atoms with Crippen molar-refractivity contribution in [3.05, 3.63) is 78.1 Å². The van der Waals surface area contributed by atoms with Crippen LogP contribution in [0.2, 0.25) is 0 Å². The minimum Gasteiger partial charge on any atom is -0.451 e. The van der Waals surface area contributed by atoms with E-state index in [2.05, 4.69) is 5.32 Å². The van der Waals surface area contributed by atoms with Crippen molar-refractivity contribution < 1.29 is 14.0 Å². The van der Waals surface area contributed by atoms with Gasteiger partial charge in [0, 0.05) is 18.5 Å². The van der Waals surface area contributed by atoms with Gasteiger partial charge in [-0.1, -0.05) is 42.5 Å². The van der Waals surface area contributed by atoms with Crippen LogP contribution in [-0.2, 0) is 0 Å². The zero-order valence-electron chi connectivity index (χ0n) is 16.4. The normalized spacial score (nSPS) is 11.0. The van der Waals surface area contributed by atoms with Crippen molar-refractivity contribution in [2.24, 2.45) is 0 Å². The number of para-hydroxylation sites is 1. The average Bonchev–Trinajstić information content (AvgIpc) is 3.20. The van der Waals surface area contributed by atoms with Crippen molar-refractivity contribution in [1.82, 2.24) is 4.90 Å². The van der Waals surface area contributed by atoms with Crippen molar-refractivity contribution >= 4 is 39.2 Å². The number of carbonyl (C=O) groups excluding carboxylic acids is 2. The summed E-state index contributed by atoms with van der Waals surface area (Å²) >= 11 is 0. The zero-order valence-corrected chi connectivity index (χ0v) is 16.4. The average molecular weight is 386 g/mol. The molecule has 0 saturated heterocycles. The van der Waals surface area contributed by atoms with Crippen molar-refractivity contribution in [1.29, 1.82) is 0 Å². The summed E-state index contributed by atoms with van der Waals surface area (Å²) in [6, 6.07) is 20.6. The molecule has 4 aromatic rings. The Morgan fingerprint density at radius 2 is 1.62 bits per heavy atom. The van der Waals surface area contributed by atoms with E-state index in [-0.39, 0.29) is 17.6 Å². The maximum absolute atomic E-state index is 12.9. The molecule has 0 atom stereocenters. The fourth-order valence-electron chi connectivity index (χ4n) is 3.55. The van der Waals surface area contributed by atoms with E-state index in [1.807, 2.05) is 50.2 Å². The van der Waals surface area contributed by atoms with E-state index < -0.39 is 0 Å². The molecule has 5 heteroatoms. The highest BCUT2D eigenvalue weighted by molar-refractivity contribution is 6.12. The van der Waals surface area contributed by atoms with Gasteiger partial charge in [-0.05, 0) is 48.9 Å². The molecule has 0 fully saturated rings. The molecule has 0 radical (unpaired) electrons. The molecule has 0 aliphatic carbocycles. The lowest BCUT2D eigenvalue weighted by molar-refractivity contribution is 0.0774. The van der Waals surface area contributed by atoms with Gasteiger partial charge in [0.1, 0.15) is 5.58 Å². The Hall–Kier alpha value is -3.60. The largest absolute Gasteiger partial charge is 0.451 e. The summed E-state index contributed by atoms with van der Waals surface area (Å²) in [5, 5.41) is 5.85. The molecule has 3 aromatic carbocycles. The smallest absolute Gasteiger partial charge is 0.291 e. The van der Waals surface area contributed by atoms with Gasteiger partial charge in [0.05, 0.1) is 11.3 Å². The molecule has 146 valence electrons. The SMILES string of the molecule is CCN(CC)C(=O)c1ccccc1NC(=O)c1cc2c(ccc3ccccc32)o1. The standard InChI is InChI=1S/C24H22N2O3/c1-3-26(4-2)24(28)18-11-7-8-12-20(18)25-23(27)22-15-19-17-10-6-5-9-16(17)13-14-21(19)29-22/h5-15H,3-4H2,1-2H3,(H,25,27). The molecule has 1 heterocycles. The highest BCUT2D eigenvalue weighted by Gasteiger charge is 2.20. The maximum atomic E-state index is 12.9. The predicted molar refractivity (Wildman–Crippen MR) is 115 cm³/mol. The number of rotatable bonds is 5. The number of nitrogens with one attached hydrogen (secondary N) is 1. The van der Waals surface area contributed by atoms with E-state index in [9.17, 15) is 9.59 Å². The Kier molecular flexibility index (Phi) is 5.04. The molecular formula is C24H22N2O3. The Balaban J connectivity index is 1.67. The number of carbonyl (C=O) groups is 2. The molecule has 0 spiro atoms. The van der Waals surface area contributed by atoms with E-state index in [4.69, 9.17) is 4.42 Å². The number of benzene rings is 3. The quantitative estimate of drug-likeness (QED) is 0.505. The van der Waals surface area contributed by atoms with Gasteiger partial charge in [0.25, 0.3) is 11.8 Å². The Morgan fingerprint density at radius 3 is 2.41 bits per heavy atom. The monoisotopic (exact) mass is 386 g/mol. The molecule has 0 aliphatic heterocycles. The van der Waals surface area contributed by atoms with Crippen LogP contribution < -0.4 is 5.32 Å². The number of hydrogen-bond acceptors (Lipinski definition) is 3. The molecule has 2 amide bonds. The van der Waals surface area contributed by atoms with Crippen molar-refractivity contribution in [2.75, 3.05) is 18.4 Å². The number of amides is 2. The molecule has 4 rings (SSSR count). The summed E-state index contributed by atoms with van der Waals surface area (Å²) in [6.07, 6.45) is 0. The minimum absolute atomic E-state index is 0.110. The van der Waals surface area contributed by atoms with Crippen LogP contribution in [0.1, 0.15) is 34.8 Å². The molecule has 0 saturated carbocycles. The number of fused-ring (bicyclic) bond motifs is 3. The predicted octanol–water partition coefficient (Wildman–Crippen LogP) is 5.32. The lowest BCUT2D eigenvalue weighted by Gasteiger charge is -2.20. The summed E-state index contributed by atoms with van der Waals surface area (Å²) in [6.45, 7) is 5.07. The molecular weight excluding hydrogens is 364 g/mol. The van der Waals surface area contributed by atoms with Gasteiger partial charge < -0.3 is 14.6 Å². The Labute approximate surface area is 168 Å². The van der Waals surface area contributed by atoms with Crippen LogP contribution in [0.25, 0.3) is 21.7 Å². The number of nitrogens with zero attached hydrogens (tertiary/aromatic N) is 1. The van der Waals surface area contributed by atoms with Crippen LogP contribution >= 0.6 is 0 Å². The van der Waals surface area contributed by atoms with Gasteiger partial charge >= 0.3 is 0 Å². The number of furan rings is 1. The van der Waals surface area contributed by atoms with E-state index in [1.165, 1.54) is 0 Å². The van der Waals surface area contributed by atoms with Gasteiger partial charge in [-0.2, -0.15) is 0 Å². The van der Waals surface area contributed by atoms with E-state index in [0.29, 0.717) is 29.9 Å². The third-order valence-corrected chi connectivity index (χ3v) is 5.11. The second-order valence-electron chi connectivity index (χ2n) is 6.79. The fourth-order valence-corrected chi connectivity index (χ4v) is 3.55. The molecule has 0 unspecified atom stereocenters. The van der Waals surface area contributed by atoms with E-state index in [0.717, 1.165) is 16.2 Å². The van der Waals surface area contributed by atoms with E-state index >= 15 is 0 Å². The number of hydrogen-bond donors (Lipinski definition) is 1. The summed E-state index contributed by atoms with van der Waals surface area (Å²) in [7, 11) is 0. The molecule has 0 aliphatic rings. The van der Waals surface area contributed by atoms with Crippen molar-refractivity contribution in [3.8, 4) is 0 Å². The summed E-state index contributed by atoms with van der Waals surface area (Å²) < 4.78 is 5.79. The summed E-state index contributed by atoms with van der Waals surface area (Å²) in [5.41, 5.74) is 1.59. The van der Waals surface area contributed by atoms with Crippen LogP contribution in [0.4, 0.5) is 5.69 Å². The molecule has 1 N–H and O–H groups in total. The van der Waals surface area contributed by atoms with Gasteiger partial charge in [-0.15, -0.1) is 0 Å². The first-order valence-corrected chi connectivity index (χ1v) is 9.73. The van der Waals surface area contributed by atoms with Crippen molar-refractivity contribution in [3.63, 3.8) is 0 Å². The van der Waals surface area contributed by atoms with Crippen LogP contribution in [0, 0.1) is 0 Å². The zero-order chi connectivity index (χ0) is 20.4. The number of anilines is 1. The van der Waals surface area contributed by atoms with Crippen LogP contribution in [0.3, 0.4) is 0 Å². The maximum Gasteiger partial charge on any atom is 0.291 e. The van der Waals surface area contributed by atoms with Gasteiger partial charge in [0.15, 0.2) is 5.76 Å². The highest BCUT2D eigenvalue weighted by atomic mass is 16.3. The molecule has 29 heavy (non-hydrogen) atoms. The van der Waals surface area contributed by atoms with Crippen LogP contribution in [0.15, 0.2) is 71.1 Å². The minimum atomic E-state index is -0.384. The first-order chi connectivity index (χ1) is 14.1. The van der Waals surface area contributed by atoms with Crippen molar-refractivity contribution in [2.45, 2.75) is 13.8 Å². The Morgan fingerprint density at radius 1 is 0.897 bits per heavy atom. The van der Waals surface area contributed by atoms with Gasteiger partial charge in [0.2, 0.25) is 0 Å². The topological polar surface area (TPSA) is 62.6 Å². The van der Waals surface area contributed by atoms with Crippen LogP contribution in [0.5, 0.6) is 0 Å². The third kappa shape index (κ3) is 3.47. The Bertz CT molecular complexity index is 1210. The summed E-state index contributed by atoms with van der Waals surface area (Å²) in [5.74, 6) is -0.284. The fraction of sp³-hybridized carbons (Fsp3) is 0.167. The first-order valence-electron chi connectivity index (χ1n) is 9.73. The first kappa shape index (κ1) is 18.7. The third-order valence-electron chi connectivity index (χ3n) is 5.11. The highest BCUT2D eigenvalue weighted by Crippen LogP contribution is 2.29. The molecule has 0 bridgehead atoms. The van der Waals surface area contributed by atoms with E-state index in [1.54, 1.807) is 35.2 Å². The lowest BCUT2D eigenvalue weighted by Crippen LogP contribution is -2.31. The summed E-state index contributed by atoms with van der Waals surface area (Å²) in [4.78, 5) is 27.4.